The molecule has 0 saturated carbocycles. The van der Waals surface area contributed by atoms with Crippen molar-refractivity contribution in [2.45, 2.75) is 26.2 Å². The zero-order valence-corrected chi connectivity index (χ0v) is 16.7. The standard InChI is InChI=1S/C21H26N2O3S/c1-15-12-18(21(25)26-2)20(27-15)22-19(24)14-23-10-8-17(9-11-23)13-16-6-4-3-5-7-16/h3-7,12,17H,8-11,13-14H2,1-2H3,(H,22,24). The third-order valence-corrected chi connectivity index (χ3v) is 5.92. The number of rotatable bonds is 6. The molecule has 0 aliphatic carbocycles. The van der Waals surface area contributed by atoms with Crippen LogP contribution in [0.15, 0.2) is 36.4 Å². The van der Waals surface area contributed by atoms with Crippen LogP contribution in [0, 0.1) is 12.8 Å². The van der Waals surface area contributed by atoms with Gasteiger partial charge in [0.1, 0.15) is 5.00 Å². The van der Waals surface area contributed by atoms with Crippen LogP contribution in [0.3, 0.4) is 0 Å². The smallest absolute Gasteiger partial charge is 0.340 e. The summed E-state index contributed by atoms with van der Waals surface area (Å²) in [5.41, 5.74) is 1.81. The molecule has 1 fully saturated rings. The molecule has 1 N–H and O–H groups in total. The molecule has 0 spiro atoms. The number of aryl methyl sites for hydroxylation is 1. The van der Waals surface area contributed by atoms with E-state index < -0.39 is 5.97 Å². The molecule has 27 heavy (non-hydrogen) atoms. The Morgan fingerprint density at radius 2 is 1.93 bits per heavy atom. The van der Waals surface area contributed by atoms with Gasteiger partial charge in [-0.25, -0.2) is 4.79 Å². The van der Waals surface area contributed by atoms with Gasteiger partial charge in [0, 0.05) is 4.88 Å². The SMILES string of the molecule is COC(=O)c1cc(C)sc1NC(=O)CN1CCC(Cc2ccccc2)CC1. The number of thiophene rings is 1. The summed E-state index contributed by atoms with van der Waals surface area (Å²) in [6.45, 7) is 4.12. The van der Waals surface area contributed by atoms with Gasteiger partial charge in [-0.05, 0) is 56.8 Å². The highest BCUT2D eigenvalue weighted by atomic mass is 32.1. The van der Waals surface area contributed by atoms with Gasteiger partial charge in [-0.3, -0.25) is 9.69 Å². The Labute approximate surface area is 164 Å². The average Bonchev–Trinajstić information content (AvgIpc) is 3.03. The van der Waals surface area contributed by atoms with E-state index in [9.17, 15) is 9.59 Å². The fourth-order valence-electron chi connectivity index (χ4n) is 3.53. The van der Waals surface area contributed by atoms with Crippen molar-refractivity contribution in [1.29, 1.82) is 0 Å². The number of amides is 1. The zero-order valence-electron chi connectivity index (χ0n) is 15.9. The van der Waals surface area contributed by atoms with Crippen molar-refractivity contribution in [3.63, 3.8) is 0 Å². The minimum absolute atomic E-state index is 0.0801. The molecule has 1 amide bonds. The minimum atomic E-state index is -0.420. The van der Waals surface area contributed by atoms with Gasteiger partial charge in [-0.15, -0.1) is 11.3 Å². The summed E-state index contributed by atoms with van der Waals surface area (Å²) in [4.78, 5) is 27.4. The van der Waals surface area contributed by atoms with Crippen LogP contribution in [0.5, 0.6) is 0 Å². The highest BCUT2D eigenvalue weighted by Crippen LogP contribution is 2.28. The number of nitrogens with zero attached hydrogens (tertiary/aromatic N) is 1. The quantitative estimate of drug-likeness (QED) is 0.769. The van der Waals surface area contributed by atoms with E-state index in [4.69, 9.17) is 4.74 Å². The van der Waals surface area contributed by atoms with Crippen molar-refractivity contribution in [3.8, 4) is 0 Å². The van der Waals surface area contributed by atoms with E-state index in [2.05, 4.69) is 34.5 Å². The Balaban J connectivity index is 1.48. The first-order valence-electron chi connectivity index (χ1n) is 9.30. The molecule has 0 radical (unpaired) electrons. The van der Waals surface area contributed by atoms with E-state index in [0.717, 1.165) is 37.2 Å². The lowest BCUT2D eigenvalue weighted by Gasteiger charge is -2.31. The van der Waals surface area contributed by atoms with Crippen LogP contribution < -0.4 is 5.32 Å². The number of methoxy groups -OCH3 is 1. The number of hydrogen-bond acceptors (Lipinski definition) is 5. The predicted octanol–water partition coefficient (Wildman–Crippen LogP) is 3.74. The first-order chi connectivity index (χ1) is 13.0. The number of carbonyl (C=O) groups is 2. The van der Waals surface area contributed by atoms with Gasteiger partial charge >= 0.3 is 5.97 Å². The number of likely N-dealkylation sites (tertiary alicyclic amines) is 1. The summed E-state index contributed by atoms with van der Waals surface area (Å²) in [5.74, 6) is 0.178. The Hall–Kier alpha value is -2.18. The molecule has 5 nitrogen and oxygen atoms in total. The van der Waals surface area contributed by atoms with Gasteiger partial charge in [-0.1, -0.05) is 30.3 Å². The van der Waals surface area contributed by atoms with Crippen LogP contribution in [0.1, 0.15) is 33.6 Å². The summed E-state index contributed by atoms with van der Waals surface area (Å²) in [6, 6.07) is 12.3. The molecule has 1 aromatic carbocycles. The van der Waals surface area contributed by atoms with Gasteiger partial charge in [0.15, 0.2) is 0 Å². The molecule has 1 aliphatic rings. The molecule has 144 valence electrons. The molecule has 1 aliphatic heterocycles. The van der Waals surface area contributed by atoms with Gasteiger partial charge < -0.3 is 10.1 Å². The second-order valence-corrected chi connectivity index (χ2v) is 8.31. The number of hydrogen-bond donors (Lipinski definition) is 1. The van der Waals surface area contributed by atoms with E-state index in [1.165, 1.54) is 24.0 Å². The van der Waals surface area contributed by atoms with Crippen LogP contribution in [0.25, 0.3) is 0 Å². The summed E-state index contributed by atoms with van der Waals surface area (Å²) in [7, 11) is 1.35. The highest BCUT2D eigenvalue weighted by molar-refractivity contribution is 7.16. The van der Waals surface area contributed by atoms with Crippen molar-refractivity contribution >= 4 is 28.2 Å². The van der Waals surface area contributed by atoms with Crippen molar-refractivity contribution in [1.82, 2.24) is 4.90 Å². The number of anilines is 1. The van der Waals surface area contributed by atoms with Crippen molar-refractivity contribution in [2.75, 3.05) is 32.1 Å². The zero-order chi connectivity index (χ0) is 19.2. The fraction of sp³-hybridized carbons (Fsp3) is 0.429. The summed E-state index contributed by atoms with van der Waals surface area (Å²) in [5, 5.41) is 3.45. The number of benzene rings is 1. The van der Waals surface area contributed by atoms with Crippen LogP contribution in [-0.4, -0.2) is 43.5 Å². The second-order valence-electron chi connectivity index (χ2n) is 7.05. The number of esters is 1. The third-order valence-electron chi connectivity index (χ3n) is 4.96. The van der Waals surface area contributed by atoms with E-state index in [-0.39, 0.29) is 5.91 Å². The molecule has 0 unspecified atom stereocenters. The first-order valence-corrected chi connectivity index (χ1v) is 10.1. The molecular weight excluding hydrogens is 360 g/mol. The van der Waals surface area contributed by atoms with E-state index in [1.54, 1.807) is 6.07 Å². The Morgan fingerprint density at radius 3 is 2.59 bits per heavy atom. The largest absolute Gasteiger partial charge is 0.465 e. The Bertz CT molecular complexity index is 780. The lowest BCUT2D eigenvalue weighted by atomic mass is 9.90. The number of carbonyl (C=O) groups excluding carboxylic acids is 2. The molecular formula is C21H26N2O3S. The molecule has 2 heterocycles. The molecule has 6 heteroatoms. The lowest BCUT2D eigenvalue weighted by Crippen LogP contribution is -2.39. The molecule has 3 rings (SSSR count). The maximum absolute atomic E-state index is 12.4. The maximum atomic E-state index is 12.4. The summed E-state index contributed by atoms with van der Waals surface area (Å²) < 4.78 is 4.79. The average molecular weight is 387 g/mol. The molecule has 0 bridgehead atoms. The molecule has 1 aromatic heterocycles. The molecule has 0 atom stereocenters. The van der Waals surface area contributed by atoms with Crippen LogP contribution in [0.2, 0.25) is 0 Å². The van der Waals surface area contributed by atoms with Crippen LogP contribution in [-0.2, 0) is 16.0 Å². The second kappa shape index (κ2) is 9.15. The van der Waals surface area contributed by atoms with Crippen molar-refractivity contribution in [2.24, 2.45) is 5.92 Å². The van der Waals surface area contributed by atoms with Crippen LogP contribution >= 0.6 is 11.3 Å². The minimum Gasteiger partial charge on any atom is -0.465 e. The third kappa shape index (κ3) is 5.40. The number of ether oxygens (including phenoxy) is 1. The summed E-state index contributed by atoms with van der Waals surface area (Å²) >= 11 is 1.40. The normalized spacial score (nSPS) is 15.5. The molecule has 2 aromatic rings. The van der Waals surface area contributed by atoms with Crippen molar-refractivity contribution < 1.29 is 14.3 Å². The summed E-state index contributed by atoms with van der Waals surface area (Å²) in [6.07, 6.45) is 3.32. The van der Waals surface area contributed by atoms with Gasteiger partial charge in [0.2, 0.25) is 5.91 Å². The monoisotopic (exact) mass is 386 g/mol. The highest BCUT2D eigenvalue weighted by Gasteiger charge is 2.22. The van der Waals surface area contributed by atoms with E-state index in [1.807, 2.05) is 13.0 Å². The van der Waals surface area contributed by atoms with Crippen molar-refractivity contribution in [3.05, 3.63) is 52.4 Å². The topological polar surface area (TPSA) is 58.6 Å². The lowest BCUT2D eigenvalue weighted by molar-refractivity contribution is -0.117. The van der Waals surface area contributed by atoms with E-state index >= 15 is 0 Å². The fourth-order valence-corrected chi connectivity index (χ4v) is 4.45. The van der Waals surface area contributed by atoms with E-state index in [0.29, 0.717) is 23.0 Å². The van der Waals surface area contributed by atoms with Gasteiger partial charge in [0.25, 0.3) is 0 Å². The number of piperidine rings is 1. The first kappa shape index (κ1) is 19.6. The predicted molar refractivity (Wildman–Crippen MR) is 108 cm³/mol. The molecule has 1 saturated heterocycles. The number of nitrogens with one attached hydrogen (secondary N) is 1. The van der Waals surface area contributed by atoms with Gasteiger partial charge in [0.05, 0.1) is 19.2 Å². The Kier molecular flexibility index (Phi) is 6.63. The van der Waals surface area contributed by atoms with Gasteiger partial charge in [-0.2, -0.15) is 0 Å². The maximum Gasteiger partial charge on any atom is 0.340 e. The van der Waals surface area contributed by atoms with Crippen LogP contribution in [0.4, 0.5) is 5.00 Å². The Morgan fingerprint density at radius 1 is 1.22 bits per heavy atom.